The topological polar surface area (TPSA) is 807 Å². The average Bonchev–Trinajstić information content (AvgIpc) is 1.59. The van der Waals surface area contributed by atoms with Gasteiger partial charge < -0.3 is 120 Å². The Morgan fingerprint density at radius 3 is 1.86 bits per heavy atom. The molecule has 7 unspecified atom stereocenters. The first-order chi connectivity index (χ1) is 65.6. The fraction of sp³-hybridized carbons (Fsp3) is 0.508. The van der Waals surface area contributed by atoms with Crippen LogP contribution in [-0.4, -0.2) is 299 Å². The third kappa shape index (κ3) is 21.8. The Hall–Kier alpha value is -8.15. The zero-order valence-corrected chi connectivity index (χ0v) is 82.0. The number of thioether (sulfide) groups is 1. The predicted octanol–water partition coefficient (Wildman–Crippen LogP) is 0.702. The Balaban J connectivity index is 0.000000150. The molecule has 0 amide bonds. The quantitative estimate of drug-likeness (QED) is 0.0153. The van der Waals surface area contributed by atoms with E-state index in [0.717, 1.165) is 22.7 Å². The number of anilines is 6. The number of ether oxygens (including phenoxy) is 7. The van der Waals surface area contributed by atoms with Crippen molar-refractivity contribution in [2.45, 2.75) is 146 Å². The van der Waals surface area contributed by atoms with Crippen LogP contribution >= 0.6 is 89.9 Å². The summed E-state index contributed by atoms with van der Waals surface area (Å²) in [5, 5.41) is 44.1. The molecule has 59 nitrogen and oxygen atoms in total. The highest BCUT2D eigenvalue weighted by molar-refractivity contribution is 8.44. The Labute approximate surface area is 807 Å². The van der Waals surface area contributed by atoms with Crippen LogP contribution in [0.2, 0.25) is 0 Å². The molecule has 6 saturated heterocycles. The van der Waals surface area contributed by atoms with Crippen molar-refractivity contribution in [3.8, 4) is 12.3 Å². The zero-order chi connectivity index (χ0) is 98.7. The number of aliphatic hydroxyl groups is 3. The van der Waals surface area contributed by atoms with Gasteiger partial charge in [0, 0.05) is 46.8 Å². The Morgan fingerprint density at radius 2 is 1.20 bits per heavy atom. The van der Waals surface area contributed by atoms with Gasteiger partial charge >= 0.3 is 41.4 Å². The molecule has 6 aliphatic heterocycles. The maximum Gasteiger partial charge on any atom is 0.582 e. The molecular weight excluding hydrogens is 2090 g/mol. The lowest BCUT2D eigenvalue weighted by Gasteiger charge is -2.31. The summed E-state index contributed by atoms with van der Waals surface area (Å²) in [5.41, 5.74) is 32.7. The van der Waals surface area contributed by atoms with Crippen LogP contribution < -0.4 is 51.1 Å². The lowest BCUT2D eigenvalue weighted by Crippen LogP contribution is -2.47. The van der Waals surface area contributed by atoms with Crippen molar-refractivity contribution in [3.05, 3.63) is 93.2 Å². The van der Waals surface area contributed by atoms with Gasteiger partial charge in [0.05, 0.1) is 92.4 Å². The minimum absolute atomic E-state index is 0.00342. The van der Waals surface area contributed by atoms with Gasteiger partial charge in [-0.25, -0.2) is 63.0 Å². The summed E-state index contributed by atoms with van der Waals surface area (Å²) in [6.07, 6.45) is -2.84. The van der Waals surface area contributed by atoms with Crippen molar-refractivity contribution in [2.75, 3.05) is 95.4 Å². The fourth-order valence-electron chi connectivity index (χ4n) is 15.7. The maximum atomic E-state index is 15.9. The van der Waals surface area contributed by atoms with Crippen LogP contribution in [0.1, 0.15) is 61.3 Å². The van der Waals surface area contributed by atoms with Gasteiger partial charge in [-0.05, 0) is 50.6 Å². The molecule has 12 aromatic heterocycles. The van der Waals surface area contributed by atoms with Crippen molar-refractivity contribution in [3.63, 3.8) is 0 Å². The zero-order valence-electron chi connectivity index (χ0n) is 70.6. The molecule has 0 aliphatic carbocycles. The van der Waals surface area contributed by atoms with Gasteiger partial charge in [-0.15, -0.1) is 32.3 Å². The number of thiol groups is 3. The highest BCUT2D eigenvalue weighted by Crippen LogP contribution is 2.59. The smallest absolute Gasteiger partial charge is 0.389 e. The van der Waals surface area contributed by atoms with E-state index in [1.807, 2.05) is 0 Å². The molecule has 27 atom stereocenters. The molecule has 12 aromatic rings. The van der Waals surface area contributed by atoms with E-state index in [2.05, 4.69) is 133 Å². The highest BCUT2D eigenvalue weighted by Gasteiger charge is 2.59. The number of fused-ring (bicyclic) bond motifs is 6. The molecule has 138 heavy (non-hydrogen) atoms. The molecule has 0 aromatic carbocycles. The number of aliphatic hydroxyl groups excluding tert-OH is 3. The van der Waals surface area contributed by atoms with Gasteiger partial charge in [0.1, 0.15) is 134 Å². The third-order valence-electron chi connectivity index (χ3n) is 21.9. The number of hydrogen-bond acceptors (Lipinski definition) is 51. The van der Waals surface area contributed by atoms with E-state index in [1.165, 1.54) is 71.3 Å². The van der Waals surface area contributed by atoms with E-state index >= 15 is 4.39 Å². The monoisotopic (exact) mass is 2170 g/mol. The number of terminal acetylenes is 1. The fourth-order valence-corrected chi connectivity index (χ4v) is 23.3. The first-order valence-corrected chi connectivity index (χ1v) is 55.9. The Bertz CT molecular complexity index is 7040. The lowest BCUT2D eigenvalue weighted by molar-refractivity contribution is -0.0962. The summed E-state index contributed by atoms with van der Waals surface area (Å²) in [7, 11) is -0.734. The number of nitrogens with zero attached hydrogens (tertiary/aromatic N) is 21. The molecule has 73 heteroatoms. The number of nitrogen functional groups attached to an aromatic ring is 6. The number of imidazole rings is 4. The average molecular weight is 2180 g/mol. The number of halogens is 1. The van der Waals surface area contributed by atoms with Crippen LogP contribution in [0.5, 0.6) is 0 Å². The summed E-state index contributed by atoms with van der Waals surface area (Å²) >= 11 is 28.1. The number of alkyl halides is 1. The number of H-pyrrole nitrogens is 3. The number of nitrogens with one attached hydrogen (secondary N) is 3. The van der Waals surface area contributed by atoms with Gasteiger partial charge in [-0.1, -0.05) is 23.4 Å². The van der Waals surface area contributed by atoms with E-state index in [9.17, 15) is 58.1 Å². The first kappa shape index (κ1) is 103. The second-order valence-corrected chi connectivity index (χ2v) is 46.6. The molecule has 21 N–H and O–H groups in total. The van der Waals surface area contributed by atoms with Gasteiger partial charge in [0.15, 0.2) is 93.1 Å². The number of aromatic amines is 3. The van der Waals surface area contributed by atoms with Crippen molar-refractivity contribution in [1.82, 2.24) is 118 Å². The van der Waals surface area contributed by atoms with Crippen LogP contribution in [0.15, 0.2) is 70.8 Å². The minimum Gasteiger partial charge on any atom is -0.389 e. The molecule has 0 saturated carbocycles. The molecule has 742 valence electrons. The van der Waals surface area contributed by atoms with E-state index < -0.39 is 198 Å². The molecule has 18 heterocycles. The second-order valence-electron chi connectivity index (χ2n) is 30.4. The van der Waals surface area contributed by atoms with E-state index in [-0.39, 0.29) is 119 Å². The number of methoxy groups -OCH3 is 2. The van der Waals surface area contributed by atoms with Crippen molar-refractivity contribution < 1.29 is 126 Å². The Kier molecular flexibility index (Phi) is 31.3. The van der Waals surface area contributed by atoms with Crippen molar-refractivity contribution >= 4 is 222 Å². The molecule has 18 rings (SSSR count). The maximum absolute atomic E-state index is 15.9. The van der Waals surface area contributed by atoms with Crippen LogP contribution in [-0.2, 0) is 128 Å². The number of rotatable bonds is 33. The van der Waals surface area contributed by atoms with E-state index in [0.29, 0.717) is 28.8 Å². The molecule has 6 fully saturated rings. The molecule has 0 radical (unpaired) electrons. The van der Waals surface area contributed by atoms with Crippen molar-refractivity contribution in [1.29, 1.82) is 0 Å². The van der Waals surface area contributed by atoms with E-state index in [1.54, 1.807) is 23.0 Å². The minimum atomic E-state index is -4.47. The normalized spacial score (nSPS) is 29.1. The largest absolute Gasteiger partial charge is 0.582 e. The van der Waals surface area contributed by atoms with Crippen LogP contribution in [0.4, 0.5) is 39.7 Å². The summed E-state index contributed by atoms with van der Waals surface area (Å²) in [4.78, 5) is 125. The third-order valence-corrected chi connectivity index (χ3v) is 31.3. The van der Waals surface area contributed by atoms with Gasteiger partial charge in [0.25, 0.3) is 16.7 Å². The standard InChI is InChI=1S/C23H25FN10O10P2S2.C22H29N9O10P2S2.C20H25N11O9P2S3/c1-3-23(15(39-2)13(35)20(43-23)33-7-29-11-16(25)27-6-28-17(11)33)5-41-46(38,48)44-14-10(24)9(4-40-45(37)47)42-21(14)34-8-30-12-18(34)31-22(26)32-19(12)36;1-36-42(34,44)37-7-11-5-14(21(40-11)31-9-27-15-18(31)28-22(24)29-19(15)33)41-43(35,45)38-6-10-4-13(32)20(39-10)30-3-2-12-16(23)25-8-26-17(12)30;1-36-9-2-8(7-3-23-17-15(21)24-6-25-30(7)17)39-10(9)4-38-42(35,44)40-14-13(32)11(5-37-41(34)43)45-19(14)31-16-12(28-29-31)18(33)27-20(22)26-16/h1,6-10,13-15,20-21,35H,4-5H2,2H3,(H6-,25,26,27,28,31,32,36,37,38,47,48);2-3,8-11,13-14,20-21,32H,4-7H2,1H3,(H,34,44)(H,35,45)(H2,23,25,26)(H3,24,28,29,33);3,6,8-11,13-14,19,32H,2,4-5H2,1H3,(H6-,21,22,24,25,26,27,29,33,34,35,43,44)/p+2/t9-,10+,13-,14-,15+,20-,21-,23-,46?;10-,11?,13+,14+,20+,21+,42?,43?;8-,9+,10-,11-,13-,14-,19-,42?/m101/s1. The molecule has 0 spiro atoms. The lowest BCUT2D eigenvalue weighted by atomic mass is 9.97. The second kappa shape index (κ2) is 42.0. The molecule has 6 aliphatic rings. The SMILES string of the molecule is C#C[C@]1(COP(O)(=S)O[C@@H]2[C@@H](F)[C@@H](CO[P+](=O)S)O[C@H]2n2cnc3c(=O)[nH]c(N)nc32)O[C@@H](n2cnc3c(N)ncnc32)[C@H](O)[C@@H]1OC.COP(O)(=S)OCC1C[C@@H](OP(=O)(S)OC[C@@H]2C[C@@H](O)[C@H](n3ccc4c(N)ncnc43)O2)[C@H](n2cnc3c(=O)[nH]c(N)nc32)O1.CO[C@H]1C[C@H](c2cnc3c(N)ncnn23)O[C@@H]1COP(O)(=S)O[C@@H]1[C@H](O)[C@@H](CO[P+](=O)S)S[C@H]1n1nnc2c(=O)[nH]c(N)nc21. The molecular formula is C65H81FN30O29P6S7+2. The first-order valence-electron chi connectivity index (χ1n) is 39.8. The van der Waals surface area contributed by atoms with Crippen LogP contribution in [0, 0.1) is 12.3 Å². The molecule has 0 bridgehead atoms. The van der Waals surface area contributed by atoms with Gasteiger partial charge in [0.2, 0.25) is 17.8 Å². The van der Waals surface area contributed by atoms with Gasteiger partial charge in [-0.3, -0.25) is 61.1 Å². The highest BCUT2D eigenvalue weighted by atomic mass is 32.7. The Morgan fingerprint density at radius 1 is 0.609 bits per heavy atom. The van der Waals surface area contributed by atoms with E-state index in [4.69, 9.17) is 155 Å². The number of aromatic nitrogens is 24. The summed E-state index contributed by atoms with van der Waals surface area (Å²) in [6, 6.07) is 1.72. The number of nitrogens with two attached hydrogens (primary N) is 6. The summed E-state index contributed by atoms with van der Waals surface area (Å²) < 4.78 is 156. The van der Waals surface area contributed by atoms with Crippen LogP contribution in [0.25, 0.3) is 61.3 Å². The summed E-state index contributed by atoms with van der Waals surface area (Å²) in [5.74, 6) is 2.36. The number of hydrogen-bond donors (Lipinski definition) is 18. The van der Waals surface area contributed by atoms with Crippen molar-refractivity contribution in [2.24, 2.45) is 0 Å². The summed E-state index contributed by atoms with van der Waals surface area (Å²) in [6.45, 7) is -18.3. The van der Waals surface area contributed by atoms with Gasteiger partial charge in [-0.2, -0.15) is 20.1 Å². The predicted molar refractivity (Wildman–Crippen MR) is 499 cm³/mol. The van der Waals surface area contributed by atoms with Crippen LogP contribution in [0.3, 0.4) is 0 Å².